The van der Waals surface area contributed by atoms with Crippen LogP contribution in [0.5, 0.6) is 0 Å². The Bertz CT molecular complexity index is 995. The molecule has 29 heavy (non-hydrogen) atoms. The van der Waals surface area contributed by atoms with E-state index in [0.29, 0.717) is 18.9 Å². The number of esters is 1. The SMILES string of the molecule is COC(=O)[C@H](Cc1c[nH]c2ccccc12)NC(=O)N(C)Cc1csc(C(C)C)n1. The van der Waals surface area contributed by atoms with Gasteiger partial charge in [-0.15, -0.1) is 11.3 Å². The number of urea groups is 1. The minimum atomic E-state index is -0.782. The van der Waals surface area contributed by atoms with Crippen LogP contribution in [-0.2, 0) is 22.5 Å². The maximum atomic E-state index is 12.7. The molecule has 2 N–H and O–H groups in total. The van der Waals surface area contributed by atoms with Crippen LogP contribution in [0.25, 0.3) is 10.9 Å². The second-order valence-corrected chi connectivity index (χ2v) is 8.17. The number of nitrogens with one attached hydrogen (secondary N) is 2. The number of ether oxygens (including phenoxy) is 1. The first-order valence-corrected chi connectivity index (χ1v) is 10.4. The van der Waals surface area contributed by atoms with Crippen LogP contribution in [0, 0.1) is 0 Å². The van der Waals surface area contributed by atoms with Crippen molar-refractivity contribution in [2.24, 2.45) is 0 Å². The molecular weight excluding hydrogens is 388 g/mol. The summed E-state index contributed by atoms with van der Waals surface area (Å²) in [5, 5.41) is 6.82. The fourth-order valence-corrected chi connectivity index (χ4v) is 3.92. The van der Waals surface area contributed by atoms with Crippen LogP contribution in [0.4, 0.5) is 4.79 Å². The lowest BCUT2D eigenvalue weighted by atomic mass is 10.1. The standard InChI is InChI=1S/C21H26N4O3S/c1-13(2)19-23-15(12-29-19)11-25(3)21(27)24-18(20(26)28-4)9-14-10-22-17-8-6-5-7-16(14)17/h5-8,10,12-13,18,22H,9,11H2,1-4H3,(H,24,27)/t18-/m0/s1. The van der Waals surface area contributed by atoms with Crippen LogP contribution in [0.15, 0.2) is 35.8 Å². The topological polar surface area (TPSA) is 87.3 Å². The van der Waals surface area contributed by atoms with Crippen molar-refractivity contribution >= 4 is 34.2 Å². The van der Waals surface area contributed by atoms with E-state index in [1.807, 2.05) is 35.8 Å². The highest BCUT2D eigenvalue weighted by molar-refractivity contribution is 7.09. The number of H-pyrrole nitrogens is 1. The molecule has 0 aliphatic heterocycles. The minimum absolute atomic E-state index is 0.338. The van der Waals surface area contributed by atoms with Crippen LogP contribution in [0.2, 0.25) is 0 Å². The Balaban J connectivity index is 1.68. The van der Waals surface area contributed by atoms with Gasteiger partial charge < -0.3 is 19.9 Å². The Hall–Kier alpha value is -2.87. The molecule has 0 spiro atoms. The van der Waals surface area contributed by atoms with Gasteiger partial charge in [0.25, 0.3) is 0 Å². The van der Waals surface area contributed by atoms with E-state index in [4.69, 9.17) is 4.74 Å². The van der Waals surface area contributed by atoms with Crippen molar-refractivity contribution < 1.29 is 14.3 Å². The van der Waals surface area contributed by atoms with Gasteiger partial charge in [-0.3, -0.25) is 0 Å². The van der Waals surface area contributed by atoms with E-state index in [2.05, 4.69) is 29.1 Å². The van der Waals surface area contributed by atoms with E-state index in [0.717, 1.165) is 27.2 Å². The molecule has 8 heteroatoms. The highest BCUT2D eigenvalue weighted by Gasteiger charge is 2.25. The van der Waals surface area contributed by atoms with Gasteiger partial charge >= 0.3 is 12.0 Å². The normalized spacial score (nSPS) is 12.2. The van der Waals surface area contributed by atoms with Gasteiger partial charge in [0, 0.05) is 41.9 Å². The molecule has 2 amide bonds. The number of para-hydroxylation sites is 1. The molecule has 2 aromatic heterocycles. The first-order valence-electron chi connectivity index (χ1n) is 9.47. The van der Waals surface area contributed by atoms with E-state index >= 15 is 0 Å². The Labute approximate surface area is 174 Å². The predicted molar refractivity (Wildman–Crippen MR) is 114 cm³/mol. The van der Waals surface area contributed by atoms with Crippen LogP contribution in [-0.4, -0.2) is 47.1 Å². The number of amides is 2. The van der Waals surface area contributed by atoms with Crippen molar-refractivity contribution in [1.82, 2.24) is 20.2 Å². The molecule has 0 saturated heterocycles. The molecule has 3 aromatic rings. The quantitative estimate of drug-likeness (QED) is 0.578. The lowest BCUT2D eigenvalue weighted by molar-refractivity contribution is -0.142. The molecule has 0 saturated carbocycles. The summed E-state index contributed by atoms with van der Waals surface area (Å²) < 4.78 is 4.91. The fraction of sp³-hybridized carbons (Fsp3) is 0.381. The smallest absolute Gasteiger partial charge is 0.328 e. The van der Waals surface area contributed by atoms with Crippen molar-refractivity contribution in [3.8, 4) is 0 Å². The van der Waals surface area contributed by atoms with Gasteiger partial charge in [0.05, 0.1) is 24.4 Å². The largest absolute Gasteiger partial charge is 0.467 e. The average Bonchev–Trinajstić information content (AvgIpc) is 3.34. The van der Waals surface area contributed by atoms with Gasteiger partial charge in [0.1, 0.15) is 6.04 Å². The molecule has 2 heterocycles. The van der Waals surface area contributed by atoms with Crippen LogP contribution in [0.3, 0.4) is 0 Å². The zero-order chi connectivity index (χ0) is 21.0. The van der Waals surface area contributed by atoms with Crippen LogP contribution < -0.4 is 5.32 Å². The summed E-state index contributed by atoms with van der Waals surface area (Å²) in [4.78, 5) is 34.2. The van der Waals surface area contributed by atoms with E-state index in [9.17, 15) is 9.59 Å². The number of carbonyl (C=O) groups is 2. The molecule has 0 radical (unpaired) electrons. The lowest BCUT2D eigenvalue weighted by Crippen LogP contribution is -2.48. The second kappa shape index (κ2) is 9.09. The highest BCUT2D eigenvalue weighted by Crippen LogP contribution is 2.21. The molecule has 0 fully saturated rings. The maximum Gasteiger partial charge on any atom is 0.328 e. The molecule has 1 atom stereocenters. The molecule has 0 unspecified atom stereocenters. The Morgan fingerprint density at radius 3 is 2.76 bits per heavy atom. The number of benzene rings is 1. The fourth-order valence-electron chi connectivity index (χ4n) is 3.09. The summed E-state index contributed by atoms with van der Waals surface area (Å²) in [5.74, 6) is -0.124. The number of hydrogen-bond donors (Lipinski definition) is 2. The molecule has 0 bridgehead atoms. The summed E-state index contributed by atoms with van der Waals surface area (Å²) in [6, 6.07) is 6.71. The maximum absolute atomic E-state index is 12.7. The van der Waals surface area contributed by atoms with Crippen molar-refractivity contribution in [2.45, 2.75) is 38.8 Å². The number of hydrogen-bond acceptors (Lipinski definition) is 5. The van der Waals surface area contributed by atoms with Gasteiger partial charge in [0.15, 0.2) is 0 Å². The molecule has 3 rings (SSSR count). The van der Waals surface area contributed by atoms with Gasteiger partial charge in [-0.2, -0.15) is 0 Å². The highest BCUT2D eigenvalue weighted by atomic mass is 32.1. The van der Waals surface area contributed by atoms with E-state index in [1.54, 1.807) is 18.4 Å². The molecule has 0 aliphatic rings. The zero-order valence-corrected chi connectivity index (χ0v) is 17.9. The number of fused-ring (bicyclic) bond motifs is 1. The summed E-state index contributed by atoms with van der Waals surface area (Å²) in [6.07, 6.45) is 2.20. The monoisotopic (exact) mass is 414 g/mol. The molecule has 7 nitrogen and oxygen atoms in total. The number of methoxy groups -OCH3 is 1. The summed E-state index contributed by atoms with van der Waals surface area (Å²) in [6.45, 7) is 4.55. The van der Waals surface area contributed by atoms with Gasteiger partial charge in [-0.05, 0) is 11.6 Å². The van der Waals surface area contributed by atoms with Crippen LogP contribution in [0.1, 0.15) is 36.0 Å². The van der Waals surface area contributed by atoms with Crippen LogP contribution >= 0.6 is 11.3 Å². The van der Waals surface area contributed by atoms with E-state index in [-0.39, 0.29) is 6.03 Å². The molecule has 154 valence electrons. The Morgan fingerprint density at radius 2 is 2.07 bits per heavy atom. The summed E-state index contributed by atoms with van der Waals surface area (Å²) >= 11 is 1.59. The third kappa shape index (κ3) is 4.95. The first-order chi connectivity index (χ1) is 13.9. The summed E-state index contributed by atoms with van der Waals surface area (Å²) in [5.41, 5.74) is 2.77. The van der Waals surface area contributed by atoms with Gasteiger partial charge in [-0.25, -0.2) is 14.6 Å². The van der Waals surface area contributed by atoms with Crippen molar-refractivity contribution in [3.05, 3.63) is 52.1 Å². The predicted octanol–water partition coefficient (Wildman–Crippen LogP) is 3.67. The number of thiazole rings is 1. The van der Waals surface area contributed by atoms with Gasteiger partial charge in [0.2, 0.25) is 0 Å². The molecule has 0 aliphatic carbocycles. The Morgan fingerprint density at radius 1 is 1.31 bits per heavy atom. The van der Waals surface area contributed by atoms with Crippen molar-refractivity contribution in [1.29, 1.82) is 0 Å². The third-order valence-corrected chi connectivity index (χ3v) is 5.89. The number of aromatic nitrogens is 2. The average molecular weight is 415 g/mol. The lowest BCUT2D eigenvalue weighted by Gasteiger charge is -2.21. The first kappa shape index (κ1) is 20.9. The number of aromatic amines is 1. The second-order valence-electron chi connectivity index (χ2n) is 7.28. The number of rotatable bonds is 7. The molecular formula is C21H26N4O3S. The van der Waals surface area contributed by atoms with Crippen molar-refractivity contribution in [3.63, 3.8) is 0 Å². The Kier molecular flexibility index (Phi) is 6.53. The number of carbonyl (C=O) groups excluding carboxylic acids is 2. The minimum Gasteiger partial charge on any atom is -0.467 e. The van der Waals surface area contributed by atoms with Crippen molar-refractivity contribution in [2.75, 3.05) is 14.2 Å². The van der Waals surface area contributed by atoms with E-state index < -0.39 is 12.0 Å². The van der Waals surface area contributed by atoms with Gasteiger partial charge in [-0.1, -0.05) is 32.0 Å². The number of nitrogens with zero attached hydrogens (tertiary/aromatic N) is 2. The summed E-state index contributed by atoms with van der Waals surface area (Å²) in [7, 11) is 3.01. The zero-order valence-electron chi connectivity index (χ0n) is 17.1. The third-order valence-electron chi connectivity index (χ3n) is 4.69. The molecule has 1 aromatic carbocycles. The van der Waals surface area contributed by atoms with E-state index in [1.165, 1.54) is 12.0 Å².